The highest BCUT2D eigenvalue weighted by Gasteiger charge is 2.02. The molecule has 0 aromatic heterocycles. The van der Waals surface area contributed by atoms with E-state index in [4.69, 9.17) is 9.47 Å². The largest absolute Gasteiger partial charge is 0.466 e. The summed E-state index contributed by atoms with van der Waals surface area (Å²) >= 11 is 0. The molecule has 4 heteroatoms. The molecule has 1 unspecified atom stereocenters. The van der Waals surface area contributed by atoms with E-state index in [-0.39, 0.29) is 12.1 Å². The minimum atomic E-state index is -0.136. The summed E-state index contributed by atoms with van der Waals surface area (Å²) in [5.41, 5.74) is 0. The van der Waals surface area contributed by atoms with Crippen LogP contribution in [0.2, 0.25) is 0 Å². The maximum absolute atomic E-state index is 11.0. The fourth-order valence-electron chi connectivity index (χ4n) is 1.22. The van der Waals surface area contributed by atoms with E-state index in [0.717, 1.165) is 19.6 Å². The van der Waals surface area contributed by atoms with Crippen LogP contribution < -0.4 is 5.32 Å². The molecule has 0 bridgehead atoms. The Hall–Kier alpha value is -0.610. The van der Waals surface area contributed by atoms with Gasteiger partial charge in [0.25, 0.3) is 0 Å². The van der Waals surface area contributed by atoms with Crippen molar-refractivity contribution in [1.82, 2.24) is 5.32 Å². The van der Waals surface area contributed by atoms with E-state index in [1.807, 2.05) is 13.8 Å². The molecule has 0 spiro atoms. The maximum Gasteiger partial charge on any atom is 0.307 e. The highest BCUT2D eigenvalue weighted by molar-refractivity contribution is 5.69. The lowest BCUT2D eigenvalue weighted by molar-refractivity contribution is -0.142. The molecule has 90 valence electrons. The van der Waals surface area contributed by atoms with Crippen molar-refractivity contribution < 1.29 is 14.3 Å². The van der Waals surface area contributed by atoms with Crippen LogP contribution in [-0.4, -0.2) is 38.4 Å². The van der Waals surface area contributed by atoms with E-state index in [9.17, 15) is 4.79 Å². The first-order valence-electron chi connectivity index (χ1n) is 5.68. The van der Waals surface area contributed by atoms with Crippen LogP contribution in [0.15, 0.2) is 0 Å². The van der Waals surface area contributed by atoms with Gasteiger partial charge in [0, 0.05) is 13.2 Å². The zero-order chi connectivity index (χ0) is 11.5. The van der Waals surface area contributed by atoms with Gasteiger partial charge in [-0.2, -0.15) is 0 Å². The van der Waals surface area contributed by atoms with Crippen molar-refractivity contribution in [3.63, 3.8) is 0 Å². The molecule has 0 amide bonds. The normalized spacial score (nSPS) is 12.5. The molecule has 0 aliphatic carbocycles. The Morgan fingerprint density at radius 3 is 2.60 bits per heavy atom. The Bertz CT molecular complexity index is 162. The third kappa shape index (κ3) is 9.69. The SMILES string of the molecule is CCOC(=O)CCNCCC(C)OCC. The number of carbonyl (C=O) groups is 1. The number of ether oxygens (including phenoxy) is 2. The molecule has 1 N–H and O–H groups in total. The molecule has 0 saturated heterocycles. The second-order valence-corrected chi connectivity index (χ2v) is 3.36. The van der Waals surface area contributed by atoms with Gasteiger partial charge >= 0.3 is 5.97 Å². The topological polar surface area (TPSA) is 47.6 Å². The van der Waals surface area contributed by atoms with Gasteiger partial charge in [-0.15, -0.1) is 0 Å². The summed E-state index contributed by atoms with van der Waals surface area (Å²) in [7, 11) is 0. The predicted molar refractivity (Wildman–Crippen MR) is 59.8 cm³/mol. The summed E-state index contributed by atoms with van der Waals surface area (Å²) < 4.78 is 10.2. The Labute approximate surface area is 92.3 Å². The fourth-order valence-corrected chi connectivity index (χ4v) is 1.22. The minimum absolute atomic E-state index is 0.136. The van der Waals surface area contributed by atoms with Crippen molar-refractivity contribution >= 4 is 5.97 Å². The van der Waals surface area contributed by atoms with Gasteiger partial charge in [-0.05, 0) is 33.7 Å². The van der Waals surface area contributed by atoms with Gasteiger partial charge < -0.3 is 14.8 Å². The summed E-state index contributed by atoms with van der Waals surface area (Å²) in [6.07, 6.45) is 1.69. The van der Waals surface area contributed by atoms with E-state index in [2.05, 4.69) is 12.2 Å². The number of hydrogen-bond donors (Lipinski definition) is 1. The van der Waals surface area contributed by atoms with E-state index in [0.29, 0.717) is 19.6 Å². The minimum Gasteiger partial charge on any atom is -0.466 e. The van der Waals surface area contributed by atoms with Gasteiger partial charge in [0.1, 0.15) is 0 Å². The first kappa shape index (κ1) is 14.4. The smallest absolute Gasteiger partial charge is 0.307 e. The average molecular weight is 217 g/mol. The summed E-state index contributed by atoms with van der Waals surface area (Å²) in [5.74, 6) is -0.136. The van der Waals surface area contributed by atoms with E-state index < -0.39 is 0 Å². The van der Waals surface area contributed by atoms with Gasteiger partial charge in [0.05, 0.1) is 19.1 Å². The number of carbonyl (C=O) groups excluding carboxylic acids is 1. The van der Waals surface area contributed by atoms with Crippen molar-refractivity contribution in [2.75, 3.05) is 26.3 Å². The summed E-state index contributed by atoms with van der Waals surface area (Å²) in [6, 6.07) is 0. The lowest BCUT2D eigenvalue weighted by atomic mass is 10.3. The van der Waals surface area contributed by atoms with Crippen LogP contribution in [0.5, 0.6) is 0 Å². The van der Waals surface area contributed by atoms with Crippen LogP contribution in [0.25, 0.3) is 0 Å². The number of rotatable bonds is 9. The van der Waals surface area contributed by atoms with Crippen molar-refractivity contribution in [1.29, 1.82) is 0 Å². The summed E-state index contributed by atoms with van der Waals surface area (Å²) in [5, 5.41) is 3.18. The fraction of sp³-hybridized carbons (Fsp3) is 0.909. The highest BCUT2D eigenvalue weighted by Crippen LogP contribution is 1.95. The van der Waals surface area contributed by atoms with Crippen molar-refractivity contribution in [3.05, 3.63) is 0 Å². The molecular formula is C11H23NO3. The molecule has 0 aromatic rings. The molecule has 0 saturated carbocycles. The number of nitrogens with one attached hydrogen (secondary N) is 1. The van der Waals surface area contributed by atoms with Crippen LogP contribution in [0.1, 0.15) is 33.6 Å². The zero-order valence-corrected chi connectivity index (χ0v) is 10.0. The van der Waals surface area contributed by atoms with Gasteiger partial charge in [0.15, 0.2) is 0 Å². The van der Waals surface area contributed by atoms with E-state index in [1.165, 1.54) is 0 Å². The molecule has 0 aliphatic rings. The highest BCUT2D eigenvalue weighted by atomic mass is 16.5. The number of esters is 1. The van der Waals surface area contributed by atoms with Crippen LogP contribution in [0.4, 0.5) is 0 Å². The molecule has 15 heavy (non-hydrogen) atoms. The molecule has 4 nitrogen and oxygen atoms in total. The molecule has 0 radical (unpaired) electrons. The monoisotopic (exact) mass is 217 g/mol. The molecule has 0 aromatic carbocycles. The molecular weight excluding hydrogens is 194 g/mol. The molecule has 1 atom stereocenters. The lowest BCUT2D eigenvalue weighted by Crippen LogP contribution is -2.23. The van der Waals surface area contributed by atoms with Gasteiger partial charge in [-0.1, -0.05) is 0 Å². The first-order valence-corrected chi connectivity index (χ1v) is 5.68. The van der Waals surface area contributed by atoms with Crippen LogP contribution in [-0.2, 0) is 14.3 Å². The van der Waals surface area contributed by atoms with E-state index in [1.54, 1.807) is 0 Å². The quantitative estimate of drug-likeness (QED) is 0.468. The van der Waals surface area contributed by atoms with Crippen LogP contribution in [0, 0.1) is 0 Å². The van der Waals surface area contributed by atoms with E-state index >= 15 is 0 Å². The van der Waals surface area contributed by atoms with Crippen molar-refractivity contribution in [2.24, 2.45) is 0 Å². The summed E-state index contributed by atoms with van der Waals surface area (Å²) in [6.45, 7) is 8.62. The Balaban J connectivity index is 3.20. The molecule has 0 fully saturated rings. The third-order valence-electron chi connectivity index (χ3n) is 1.99. The van der Waals surface area contributed by atoms with Crippen LogP contribution in [0.3, 0.4) is 0 Å². The maximum atomic E-state index is 11.0. The lowest BCUT2D eigenvalue weighted by Gasteiger charge is -2.11. The van der Waals surface area contributed by atoms with Gasteiger partial charge in [-0.25, -0.2) is 0 Å². The van der Waals surface area contributed by atoms with Gasteiger partial charge in [-0.3, -0.25) is 4.79 Å². The Kier molecular flexibility index (Phi) is 9.52. The summed E-state index contributed by atoms with van der Waals surface area (Å²) in [4.78, 5) is 11.0. The van der Waals surface area contributed by atoms with Crippen molar-refractivity contribution in [2.45, 2.75) is 39.7 Å². The van der Waals surface area contributed by atoms with Crippen molar-refractivity contribution in [3.8, 4) is 0 Å². The van der Waals surface area contributed by atoms with Gasteiger partial charge in [0.2, 0.25) is 0 Å². The average Bonchev–Trinajstić information content (AvgIpc) is 2.18. The third-order valence-corrected chi connectivity index (χ3v) is 1.99. The predicted octanol–water partition coefficient (Wildman–Crippen LogP) is 1.34. The van der Waals surface area contributed by atoms with Crippen LogP contribution >= 0.6 is 0 Å². The molecule has 0 aliphatic heterocycles. The first-order chi connectivity index (χ1) is 7.20. The Morgan fingerprint density at radius 2 is 2.00 bits per heavy atom. The number of hydrogen-bond acceptors (Lipinski definition) is 4. The molecule has 0 heterocycles. The second kappa shape index (κ2) is 9.93. The standard InChI is InChI=1S/C11H23NO3/c1-4-14-10(3)6-8-12-9-7-11(13)15-5-2/h10,12H,4-9H2,1-3H3. The molecule has 0 rings (SSSR count). The Morgan fingerprint density at radius 1 is 1.27 bits per heavy atom. The second-order valence-electron chi connectivity index (χ2n) is 3.36. The zero-order valence-electron chi connectivity index (χ0n) is 10.0.